The Kier molecular flexibility index (Phi) is 6.69. The zero-order valence-electron chi connectivity index (χ0n) is 12.3. The van der Waals surface area contributed by atoms with Gasteiger partial charge in [0.2, 0.25) is 5.95 Å². The SMILES string of the molecule is CCCCCC(C)N(CC)c1nccc(CC)n1. The lowest BCUT2D eigenvalue weighted by Gasteiger charge is -2.28. The number of hydrogen-bond acceptors (Lipinski definition) is 3. The molecular weight excluding hydrogens is 222 g/mol. The lowest BCUT2D eigenvalue weighted by Crippen LogP contribution is -2.34. The van der Waals surface area contributed by atoms with Crippen LogP contribution in [-0.4, -0.2) is 22.6 Å². The van der Waals surface area contributed by atoms with E-state index in [1.54, 1.807) is 0 Å². The van der Waals surface area contributed by atoms with Gasteiger partial charge in [0.15, 0.2) is 0 Å². The molecule has 0 N–H and O–H groups in total. The van der Waals surface area contributed by atoms with Gasteiger partial charge in [-0.2, -0.15) is 0 Å². The van der Waals surface area contributed by atoms with Gasteiger partial charge in [-0.15, -0.1) is 0 Å². The minimum absolute atomic E-state index is 0.522. The monoisotopic (exact) mass is 249 g/mol. The van der Waals surface area contributed by atoms with Crippen LogP contribution in [0.2, 0.25) is 0 Å². The van der Waals surface area contributed by atoms with Gasteiger partial charge in [-0.25, -0.2) is 9.97 Å². The van der Waals surface area contributed by atoms with Crippen LogP contribution in [0.25, 0.3) is 0 Å². The highest BCUT2D eigenvalue weighted by Gasteiger charge is 2.15. The average Bonchev–Trinajstić information content (AvgIpc) is 2.40. The molecule has 1 unspecified atom stereocenters. The standard InChI is InChI=1S/C15H27N3/c1-5-8-9-10-13(4)18(7-3)15-16-12-11-14(6-2)17-15/h11-13H,5-10H2,1-4H3. The summed E-state index contributed by atoms with van der Waals surface area (Å²) in [6.45, 7) is 9.81. The highest BCUT2D eigenvalue weighted by Crippen LogP contribution is 2.16. The first-order valence-corrected chi connectivity index (χ1v) is 7.31. The molecule has 0 bridgehead atoms. The molecule has 0 saturated heterocycles. The van der Waals surface area contributed by atoms with Crippen molar-refractivity contribution in [3.8, 4) is 0 Å². The first kappa shape index (κ1) is 14.9. The minimum Gasteiger partial charge on any atom is -0.338 e. The van der Waals surface area contributed by atoms with Crippen molar-refractivity contribution in [1.29, 1.82) is 0 Å². The quantitative estimate of drug-likeness (QED) is 0.656. The average molecular weight is 249 g/mol. The van der Waals surface area contributed by atoms with E-state index >= 15 is 0 Å². The zero-order valence-corrected chi connectivity index (χ0v) is 12.3. The third kappa shape index (κ3) is 4.28. The Balaban J connectivity index is 2.68. The molecule has 1 aromatic heterocycles. The lowest BCUT2D eigenvalue weighted by molar-refractivity contribution is 0.544. The molecule has 0 spiro atoms. The second-order valence-electron chi connectivity index (χ2n) is 4.83. The largest absolute Gasteiger partial charge is 0.338 e. The molecule has 0 saturated carbocycles. The van der Waals surface area contributed by atoms with E-state index in [4.69, 9.17) is 0 Å². The van der Waals surface area contributed by atoms with Crippen molar-refractivity contribution in [2.45, 2.75) is 65.8 Å². The van der Waals surface area contributed by atoms with Crippen LogP contribution in [-0.2, 0) is 6.42 Å². The summed E-state index contributed by atoms with van der Waals surface area (Å²) in [6, 6.07) is 2.52. The number of aromatic nitrogens is 2. The summed E-state index contributed by atoms with van der Waals surface area (Å²) in [6.07, 6.45) is 7.96. The molecule has 0 aliphatic rings. The number of rotatable bonds is 8. The molecule has 1 atom stereocenters. The van der Waals surface area contributed by atoms with Crippen molar-refractivity contribution in [3.63, 3.8) is 0 Å². The van der Waals surface area contributed by atoms with E-state index < -0.39 is 0 Å². The number of hydrogen-bond donors (Lipinski definition) is 0. The number of anilines is 1. The Bertz CT molecular complexity index is 338. The molecule has 0 aliphatic carbocycles. The maximum absolute atomic E-state index is 4.63. The van der Waals surface area contributed by atoms with Crippen molar-refractivity contribution in [2.24, 2.45) is 0 Å². The van der Waals surface area contributed by atoms with Crippen LogP contribution in [0.1, 0.15) is 59.1 Å². The Labute approximate surface area is 112 Å². The molecule has 3 heteroatoms. The van der Waals surface area contributed by atoms with Gasteiger partial charge in [-0.3, -0.25) is 0 Å². The Morgan fingerprint density at radius 1 is 1.22 bits per heavy atom. The molecular formula is C15H27N3. The van der Waals surface area contributed by atoms with Crippen molar-refractivity contribution in [1.82, 2.24) is 9.97 Å². The van der Waals surface area contributed by atoms with Crippen molar-refractivity contribution in [3.05, 3.63) is 18.0 Å². The Morgan fingerprint density at radius 3 is 2.61 bits per heavy atom. The molecule has 0 aromatic carbocycles. The normalized spacial score (nSPS) is 12.4. The van der Waals surface area contributed by atoms with Crippen LogP contribution in [0.15, 0.2) is 12.3 Å². The molecule has 0 amide bonds. The lowest BCUT2D eigenvalue weighted by atomic mass is 10.1. The maximum Gasteiger partial charge on any atom is 0.225 e. The molecule has 1 aromatic rings. The van der Waals surface area contributed by atoms with Gasteiger partial charge in [0.05, 0.1) is 0 Å². The van der Waals surface area contributed by atoms with Crippen LogP contribution in [0.4, 0.5) is 5.95 Å². The molecule has 0 fully saturated rings. The minimum atomic E-state index is 0.522. The fourth-order valence-corrected chi connectivity index (χ4v) is 2.22. The summed E-state index contributed by atoms with van der Waals surface area (Å²) >= 11 is 0. The van der Waals surface area contributed by atoms with Crippen molar-refractivity contribution in [2.75, 3.05) is 11.4 Å². The fourth-order valence-electron chi connectivity index (χ4n) is 2.22. The van der Waals surface area contributed by atoms with Crippen LogP contribution in [0, 0.1) is 0 Å². The first-order valence-electron chi connectivity index (χ1n) is 7.31. The second-order valence-corrected chi connectivity index (χ2v) is 4.83. The molecule has 1 rings (SSSR count). The van der Waals surface area contributed by atoms with Crippen molar-refractivity contribution < 1.29 is 0 Å². The summed E-state index contributed by atoms with van der Waals surface area (Å²) in [5, 5.41) is 0. The van der Waals surface area contributed by atoms with Crippen molar-refractivity contribution >= 4 is 5.95 Å². The van der Waals surface area contributed by atoms with E-state index in [1.165, 1.54) is 25.7 Å². The topological polar surface area (TPSA) is 29.0 Å². The molecule has 102 valence electrons. The summed E-state index contributed by atoms with van der Waals surface area (Å²) in [4.78, 5) is 11.4. The third-order valence-corrected chi connectivity index (χ3v) is 3.42. The highest BCUT2D eigenvalue weighted by atomic mass is 15.3. The maximum atomic E-state index is 4.63. The fraction of sp³-hybridized carbons (Fsp3) is 0.733. The Hall–Kier alpha value is -1.12. The highest BCUT2D eigenvalue weighted by molar-refractivity contribution is 5.31. The van der Waals surface area contributed by atoms with Crippen LogP contribution in [0.3, 0.4) is 0 Å². The summed E-state index contributed by atoms with van der Waals surface area (Å²) in [5.74, 6) is 0.890. The predicted octanol–water partition coefficient (Wildman–Crippen LogP) is 3.83. The molecule has 0 radical (unpaired) electrons. The summed E-state index contributed by atoms with van der Waals surface area (Å²) in [5.41, 5.74) is 1.12. The van der Waals surface area contributed by atoms with E-state index in [1.807, 2.05) is 12.3 Å². The van der Waals surface area contributed by atoms with Gasteiger partial charge in [0.1, 0.15) is 0 Å². The second kappa shape index (κ2) is 8.06. The van der Waals surface area contributed by atoms with Crippen LogP contribution < -0.4 is 4.90 Å². The first-order chi connectivity index (χ1) is 8.72. The zero-order chi connectivity index (χ0) is 13.4. The van der Waals surface area contributed by atoms with E-state index in [9.17, 15) is 0 Å². The Morgan fingerprint density at radius 2 is 2.00 bits per heavy atom. The van der Waals surface area contributed by atoms with Gasteiger partial charge in [0.25, 0.3) is 0 Å². The smallest absolute Gasteiger partial charge is 0.225 e. The van der Waals surface area contributed by atoms with Crippen LogP contribution >= 0.6 is 0 Å². The number of unbranched alkanes of at least 4 members (excludes halogenated alkanes) is 2. The van der Waals surface area contributed by atoms with E-state index in [0.29, 0.717) is 6.04 Å². The van der Waals surface area contributed by atoms with Gasteiger partial charge >= 0.3 is 0 Å². The molecule has 3 nitrogen and oxygen atoms in total. The predicted molar refractivity (Wildman–Crippen MR) is 78.0 cm³/mol. The number of aryl methyl sites for hydroxylation is 1. The molecule has 1 heterocycles. The van der Waals surface area contributed by atoms with Crippen LogP contribution in [0.5, 0.6) is 0 Å². The van der Waals surface area contributed by atoms with Gasteiger partial charge in [-0.1, -0.05) is 33.1 Å². The van der Waals surface area contributed by atoms with E-state index in [-0.39, 0.29) is 0 Å². The number of nitrogens with zero attached hydrogens (tertiary/aromatic N) is 3. The summed E-state index contributed by atoms with van der Waals surface area (Å²) in [7, 11) is 0. The van der Waals surface area contributed by atoms with E-state index in [0.717, 1.165) is 24.6 Å². The summed E-state index contributed by atoms with van der Waals surface area (Å²) < 4.78 is 0. The van der Waals surface area contributed by atoms with Gasteiger partial charge in [-0.05, 0) is 32.8 Å². The molecule has 0 aliphatic heterocycles. The third-order valence-electron chi connectivity index (χ3n) is 3.42. The van der Waals surface area contributed by atoms with E-state index in [2.05, 4.69) is 42.6 Å². The van der Waals surface area contributed by atoms with Gasteiger partial charge in [0, 0.05) is 24.5 Å². The molecule has 18 heavy (non-hydrogen) atoms. The van der Waals surface area contributed by atoms with Gasteiger partial charge < -0.3 is 4.90 Å².